The van der Waals surface area contributed by atoms with Crippen LogP contribution in [0.15, 0.2) is 0 Å². The first-order chi connectivity index (χ1) is 7.88. The summed E-state index contributed by atoms with van der Waals surface area (Å²) in [5.74, 6) is -0.681. The molecule has 1 heterocycles. The van der Waals surface area contributed by atoms with Crippen molar-refractivity contribution in [3.63, 3.8) is 0 Å². The second-order valence-corrected chi connectivity index (χ2v) is 6.02. The number of aliphatic carboxylic acids is 1. The molecular formula is C14H27NO2. The lowest BCUT2D eigenvalue weighted by Gasteiger charge is -2.29. The molecule has 1 N–H and O–H groups in total. The Bertz CT molecular complexity index is 263. The second-order valence-electron chi connectivity index (χ2n) is 6.02. The molecule has 1 fully saturated rings. The molecule has 2 atom stereocenters. The number of hydrogen-bond donors (Lipinski definition) is 1. The van der Waals surface area contributed by atoms with Crippen LogP contribution >= 0.6 is 0 Å². The maximum atomic E-state index is 11.0. The Balaban J connectivity index is 2.37. The van der Waals surface area contributed by atoms with E-state index in [9.17, 15) is 4.79 Å². The van der Waals surface area contributed by atoms with E-state index < -0.39 is 11.4 Å². The van der Waals surface area contributed by atoms with E-state index in [1.807, 2.05) is 13.8 Å². The van der Waals surface area contributed by atoms with E-state index in [4.69, 9.17) is 5.11 Å². The van der Waals surface area contributed by atoms with Gasteiger partial charge in [-0.05, 0) is 59.4 Å². The van der Waals surface area contributed by atoms with Gasteiger partial charge < -0.3 is 5.11 Å². The Morgan fingerprint density at radius 2 is 2.06 bits per heavy atom. The highest BCUT2D eigenvalue weighted by Crippen LogP contribution is 2.28. The van der Waals surface area contributed by atoms with Gasteiger partial charge in [-0.3, -0.25) is 9.69 Å². The number of carboxylic acid groups (broad SMARTS) is 1. The van der Waals surface area contributed by atoms with Crippen molar-refractivity contribution >= 4 is 5.97 Å². The summed E-state index contributed by atoms with van der Waals surface area (Å²) in [6, 6.07) is 1.39. The van der Waals surface area contributed by atoms with Crippen LogP contribution in [0.2, 0.25) is 0 Å². The van der Waals surface area contributed by atoms with Gasteiger partial charge in [-0.15, -0.1) is 0 Å². The van der Waals surface area contributed by atoms with Crippen molar-refractivity contribution < 1.29 is 9.90 Å². The molecule has 3 nitrogen and oxygen atoms in total. The van der Waals surface area contributed by atoms with Crippen molar-refractivity contribution in [1.82, 2.24) is 4.90 Å². The summed E-state index contributed by atoms with van der Waals surface area (Å²) in [6.45, 7) is 9.23. The van der Waals surface area contributed by atoms with Gasteiger partial charge in [-0.25, -0.2) is 0 Å². The van der Waals surface area contributed by atoms with Crippen LogP contribution in [0.5, 0.6) is 0 Å². The number of rotatable bonds is 6. The summed E-state index contributed by atoms with van der Waals surface area (Å²) < 4.78 is 0. The van der Waals surface area contributed by atoms with Gasteiger partial charge in [0.25, 0.3) is 0 Å². The third-order valence-corrected chi connectivity index (χ3v) is 4.22. The molecule has 2 unspecified atom stereocenters. The molecule has 1 aliphatic rings. The zero-order valence-corrected chi connectivity index (χ0v) is 11.7. The van der Waals surface area contributed by atoms with Gasteiger partial charge in [0.15, 0.2) is 0 Å². The molecule has 1 aliphatic heterocycles. The minimum Gasteiger partial charge on any atom is -0.481 e. The van der Waals surface area contributed by atoms with Crippen LogP contribution < -0.4 is 0 Å². The molecule has 100 valence electrons. The largest absolute Gasteiger partial charge is 0.481 e. The Hall–Kier alpha value is -0.570. The number of likely N-dealkylation sites (tertiary alicyclic amines) is 1. The van der Waals surface area contributed by atoms with Crippen LogP contribution in [0.25, 0.3) is 0 Å². The molecule has 0 radical (unpaired) electrons. The fourth-order valence-corrected chi connectivity index (χ4v) is 2.78. The van der Waals surface area contributed by atoms with Crippen LogP contribution in [0.4, 0.5) is 0 Å². The minimum absolute atomic E-state index is 0.579. The third kappa shape index (κ3) is 3.70. The van der Waals surface area contributed by atoms with E-state index in [-0.39, 0.29) is 0 Å². The van der Waals surface area contributed by atoms with E-state index in [0.717, 1.165) is 25.4 Å². The summed E-state index contributed by atoms with van der Waals surface area (Å²) in [4.78, 5) is 13.6. The van der Waals surface area contributed by atoms with Crippen LogP contribution in [0, 0.1) is 5.41 Å². The fourth-order valence-electron chi connectivity index (χ4n) is 2.78. The summed E-state index contributed by atoms with van der Waals surface area (Å²) >= 11 is 0. The molecule has 0 aromatic rings. The molecule has 0 bridgehead atoms. The first-order valence-corrected chi connectivity index (χ1v) is 6.87. The topological polar surface area (TPSA) is 40.5 Å². The van der Waals surface area contributed by atoms with E-state index >= 15 is 0 Å². The molecule has 0 amide bonds. The maximum absolute atomic E-state index is 11.0. The Morgan fingerprint density at radius 1 is 1.41 bits per heavy atom. The first-order valence-electron chi connectivity index (χ1n) is 6.87. The number of hydrogen-bond acceptors (Lipinski definition) is 2. The molecule has 17 heavy (non-hydrogen) atoms. The first kappa shape index (κ1) is 14.5. The maximum Gasteiger partial charge on any atom is 0.309 e. The summed E-state index contributed by atoms with van der Waals surface area (Å²) in [5.41, 5.74) is -0.579. The summed E-state index contributed by atoms with van der Waals surface area (Å²) in [7, 11) is 0. The van der Waals surface area contributed by atoms with Crippen molar-refractivity contribution in [3.05, 3.63) is 0 Å². The standard InChI is InChI=1S/C14H27NO2/c1-5-12-8-7-11(2)15(12)10-6-9-14(3,4)13(16)17/h11-12H,5-10H2,1-4H3,(H,16,17). The lowest BCUT2D eigenvalue weighted by Crippen LogP contribution is -2.36. The molecule has 3 heteroatoms. The molecule has 0 aromatic carbocycles. The molecule has 1 rings (SSSR count). The van der Waals surface area contributed by atoms with Crippen LogP contribution in [0.3, 0.4) is 0 Å². The van der Waals surface area contributed by atoms with E-state index in [0.29, 0.717) is 6.04 Å². The van der Waals surface area contributed by atoms with Gasteiger partial charge in [0.05, 0.1) is 5.41 Å². The van der Waals surface area contributed by atoms with Crippen LogP contribution in [0.1, 0.15) is 59.8 Å². The summed E-state index contributed by atoms with van der Waals surface area (Å²) in [5, 5.41) is 9.07. The van der Waals surface area contributed by atoms with Crippen molar-refractivity contribution in [2.45, 2.75) is 71.9 Å². The smallest absolute Gasteiger partial charge is 0.309 e. The molecular weight excluding hydrogens is 214 g/mol. The monoisotopic (exact) mass is 241 g/mol. The van der Waals surface area contributed by atoms with Crippen molar-refractivity contribution in [2.24, 2.45) is 5.41 Å². The predicted octanol–water partition coefficient (Wildman–Crippen LogP) is 3.14. The summed E-state index contributed by atoms with van der Waals surface area (Å²) in [6.07, 6.45) is 5.57. The SMILES string of the molecule is CCC1CCC(C)N1CCCC(C)(C)C(=O)O. The highest BCUT2D eigenvalue weighted by atomic mass is 16.4. The van der Waals surface area contributed by atoms with Gasteiger partial charge in [0.1, 0.15) is 0 Å². The number of carboxylic acids is 1. The van der Waals surface area contributed by atoms with Crippen molar-refractivity contribution in [1.29, 1.82) is 0 Å². The highest BCUT2D eigenvalue weighted by molar-refractivity contribution is 5.73. The quantitative estimate of drug-likeness (QED) is 0.776. The normalized spacial score (nSPS) is 26.4. The van der Waals surface area contributed by atoms with E-state index in [2.05, 4.69) is 18.7 Å². The van der Waals surface area contributed by atoms with Crippen molar-refractivity contribution in [2.75, 3.05) is 6.54 Å². The molecule has 0 aromatic heterocycles. The van der Waals surface area contributed by atoms with E-state index in [1.54, 1.807) is 0 Å². The average Bonchev–Trinajstić information content (AvgIpc) is 2.59. The molecule has 0 saturated carbocycles. The minimum atomic E-state index is -0.681. The molecule has 0 aliphatic carbocycles. The van der Waals surface area contributed by atoms with Crippen LogP contribution in [-0.4, -0.2) is 34.6 Å². The number of carbonyl (C=O) groups is 1. The molecule has 0 spiro atoms. The Morgan fingerprint density at radius 3 is 2.59 bits per heavy atom. The Kier molecular flexibility index (Phi) is 4.99. The third-order valence-electron chi connectivity index (χ3n) is 4.22. The fraction of sp³-hybridized carbons (Fsp3) is 0.929. The average molecular weight is 241 g/mol. The Labute approximate surface area is 105 Å². The zero-order valence-electron chi connectivity index (χ0n) is 11.7. The van der Waals surface area contributed by atoms with Crippen LogP contribution in [-0.2, 0) is 4.79 Å². The highest BCUT2D eigenvalue weighted by Gasteiger charge is 2.30. The second kappa shape index (κ2) is 5.85. The van der Waals surface area contributed by atoms with Gasteiger partial charge in [0.2, 0.25) is 0 Å². The van der Waals surface area contributed by atoms with Crippen molar-refractivity contribution in [3.8, 4) is 0 Å². The zero-order chi connectivity index (χ0) is 13.1. The predicted molar refractivity (Wildman–Crippen MR) is 70.1 cm³/mol. The number of nitrogens with zero attached hydrogens (tertiary/aromatic N) is 1. The lowest BCUT2D eigenvalue weighted by molar-refractivity contribution is -0.147. The van der Waals surface area contributed by atoms with Gasteiger partial charge >= 0.3 is 5.97 Å². The van der Waals surface area contributed by atoms with Gasteiger partial charge in [0, 0.05) is 12.1 Å². The van der Waals surface area contributed by atoms with Gasteiger partial charge in [-0.1, -0.05) is 6.92 Å². The van der Waals surface area contributed by atoms with Gasteiger partial charge in [-0.2, -0.15) is 0 Å². The molecule has 1 saturated heterocycles. The lowest BCUT2D eigenvalue weighted by atomic mass is 9.88. The van der Waals surface area contributed by atoms with E-state index in [1.165, 1.54) is 19.3 Å².